The zero-order chi connectivity index (χ0) is 10.3. The first-order valence-electron chi connectivity index (χ1n) is 6.38. The average Bonchev–Trinajstić information content (AvgIpc) is 2.26. The Morgan fingerprint density at radius 2 is 1.71 bits per heavy atom. The second kappa shape index (κ2) is 6.44. The summed E-state index contributed by atoms with van der Waals surface area (Å²) in [5, 5.41) is 0. The van der Waals surface area contributed by atoms with Crippen LogP contribution in [0.5, 0.6) is 0 Å². The van der Waals surface area contributed by atoms with Gasteiger partial charge in [0.15, 0.2) is 0 Å². The Kier molecular flexibility index (Phi) is 5.54. The van der Waals surface area contributed by atoms with Gasteiger partial charge in [-0.15, -0.1) is 0 Å². The van der Waals surface area contributed by atoms with E-state index in [-0.39, 0.29) is 5.60 Å². The van der Waals surface area contributed by atoms with Gasteiger partial charge in [0.2, 0.25) is 0 Å². The zero-order valence-corrected chi connectivity index (χ0v) is 9.98. The maximum Gasteiger partial charge on any atom is 0.0678 e. The lowest BCUT2D eigenvalue weighted by molar-refractivity contribution is -0.0470. The highest BCUT2D eigenvalue weighted by molar-refractivity contribution is 4.83. The molecule has 1 saturated carbocycles. The molecule has 1 fully saturated rings. The molecule has 0 aromatic heterocycles. The topological polar surface area (TPSA) is 9.23 Å². The van der Waals surface area contributed by atoms with Crippen LogP contribution in [0.15, 0.2) is 0 Å². The zero-order valence-electron chi connectivity index (χ0n) is 9.98. The highest BCUT2D eigenvalue weighted by Crippen LogP contribution is 2.35. The highest BCUT2D eigenvalue weighted by Gasteiger charge is 2.30. The van der Waals surface area contributed by atoms with Crippen LogP contribution in [0.25, 0.3) is 0 Å². The van der Waals surface area contributed by atoms with Gasteiger partial charge in [0.25, 0.3) is 0 Å². The molecule has 0 N–H and O–H groups in total. The van der Waals surface area contributed by atoms with E-state index in [0.717, 1.165) is 0 Å². The standard InChI is InChI=1S/C13H26O/c1-3-4-5-7-10-13(14-2)11-8-6-9-12-13/h3-12H2,1-2H3. The summed E-state index contributed by atoms with van der Waals surface area (Å²) in [5.74, 6) is 0. The molecule has 0 radical (unpaired) electrons. The normalized spacial score (nSPS) is 21.0. The number of ether oxygens (including phenoxy) is 1. The van der Waals surface area contributed by atoms with Gasteiger partial charge in [0, 0.05) is 7.11 Å². The number of hydrogen-bond donors (Lipinski definition) is 0. The molecule has 1 nitrogen and oxygen atoms in total. The SMILES string of the molecule is CCCCCCC1(OC)CCCCC1. The molecule has 0 aromatic rings. The Hall–Kier alpha value is -0.0400. The molecular weight excluding hydrogens is 172 g/mol. The van der Waals surface area contributed by atoms with Crippen LogP contribution in [0, 0.1) is 0 Å². The molecule has 84 valence electrons. The monoisotopic (exact) mass is 198 g/mol. The van der Waals surface area contributed by atoms with Crippen molar-refractivity contribution in [2.75, 3.05) is 7.11 Å². The van der Waals surface area contributed by atoms with Crippen LogP contribution >= 0.6 is 0 Å². The van der Waals surface area contributed by atoms with E-state index in [9.17, 15) is 0 Å². The van der Waals surface area contributed by atoms with Gasteiger partial charge in [-0.1, -0.05) is 51.9 Å². The molecule has 1 heteroatoms. The smallest absolute Gasteiger partial charge is 0.0678 e. The predicted molar refractivity (Wildman–Crippen MR) is 61.6 cm³/mol. The average molecular weight is 198 g/mol. The lowest BCUT2D eigenvalue weighted by atomic mass is 9.81. The molecule has 0 aromatic carbocycles. The van der Waals surface area contributed by atoms with Crippen molar-refractivity contribution in [2.24, 2.45) is 0 Å². The fourth-order valence-corrected chi connectivity index (χ4v) is 2.63. The van der Waals surface area contributed by atoms with Crippen molar-refractivity contribution >= 4 is 0 Å². The Balaban J connectivity index is 2.22. The summed E-state index contributed by atoms with van der Waals surface area (Å²) in [6.07, 6.45) is 13.5. The molecule has 0 aliphatic heterocycles. The van der Waals surface area contributed by atoms with Crippen molar-refractivity contribution < 1.29 is 4.74 Å². The van der Waals surface area contributed by atoms with Gasteiger partial charge in [-0.05, 0) is 19.3 Å². The van der Waals surface area contributed by atoms with Gasteiger partial charge in [0.1, 0.15) is 0 Å². The molecule has 1 rings (SSSR count). The second-order valence-electron chi connectivity index (χ2n) is 4.76. The molecule has 14 heavy (non-hydrogen) atoms. The van der Waals surface area contributed by atoms with Gasteiger partial charge >= 0.3 is 0 Å². The number of hydrogen-bond acceptors (Lipinski definition) is 1. The minimum atomic E-state index is 0.270. The second-order valence-corrected chi connectivity index (χ2v) is 4.76. The first kappa shape index (κ1) is 12.0. The molecular formula is C13H26O. The quantitative estimate of drug-likeness (QED) is 0.578. The van der Waals surface area contributed by atoms with E-state index >= 15 is 0 Å². The van der Waals surface area contributed by atoms with E-state index < -0.39 is 0 Å². The summed E-state index contributed by atoms with van der Waals surface area (Å²) in [6, 6.07) is 0. The van der Waals surface area contributed by atoms with E-state index in [1.165, 1.54) is 64.2 Å². The molecule has 1 aliphatic carbocycles. The van der Waals surface area contributed by atoms with Crippen molar-refractivity contribution in [3.63, 3.8) is 0 Å². The summed E-state index contributed by atoms with van der Waals surface area (Å²) >= 11 is 0. The van der Waals surface area contributed by atoms with E-state index in [1.807, 2.05) is 7.11 Å². The molecule has 0 spiro atoms. The molecule has 0 unspecified atom stereocenters. The molecule has 0 atom stereocenters. The van der Waals surface area contributed by atoms with E-state index in [0.29, 0.717) is 0 Å². The largest absolute Gasteiger partial charge is 0.378 e. The van der Waals surface area contributed by atoms with Crippen LogP contribution in [0.4, 0.5) is 0 Å². The summed E-state index contributed by atoms with van der Waals surface area (Å²) in [4.78, 5) is 0. The van der Waals surface area contributed by atoms with E-state index in [2.05, 4.69) is 6.92 Å². The van der Waals surface area contributed by atoms with Gasteiger partial charge in [-0.3, -0.25) is 0 Å². The third-order valence-corrected chi connectivity index (χ3v) is 3.68. The van der Waals surface area contributed by atoms with Gasteiger partial charge in [-0.2, -0.15) is 0 Å². The van der Waals surface area contributed by atoms with Crippen molar-refractivity contribution in [1.82, 2.24) is 0 Å². The maximum atomic E-state index is 5.76. The summed E-state index contributed by atoms with van der Waals surface area (Å²) in [7, 11) is 1.91. The van der Waals surface area contributed by atoms with Crippen molar-refractivity contribution in [2.45, 2.75) is 76.7 Å². The van der Waals surface area contributed by atoms with Gasteiger partial charge < -0.3 is 4.74 Å². The molecule has 0 heterocycles. The summed E-state index contributed by atoms with van der Waals surface area (Å²) < 4.78 is 5.76. The van der Waals surface area contributed by atoms with Crippen LogP contribution in [-0.4, -0.2) is 12.7 Å². The fraction of sp³-hybridized carbons (Fsp3) is 1.00. The van der Waals surface area contributed by atoms with Gasteiger partial charge in [-0.25, -0.2) is 0 Å². The molecule has 0 amide bonds. The molecule has 1 aliphatic rings. The Bertz CT molecular complexity index is 136. The van der Waals surface area contributed by atoms with Crippen LogP contribution in [-0.2, 0) is 4.74 Å². The Morgan fingerprint density at radius 3 is 2.29 bits per heavy atom. The first-order chi connectivity index (χ1) is 6.83. The predicted octanol–water partition coefficient (Wildman–Crippen LogP) is 4.31. The summed E-state index contributed by atoms with van der Waals surface area (Å²) in [5.41, 5.74) is 0.270. The number of rotatable bonds is 6. The third-order valence-electron chi connectivity index (χ3n) is 3.68. The Morgan fingerprint density at radius 1 is 1.00 bits per heavy atom. The van der Waals surface area contributed by atoms with Crippen LogP contribution < -0.4 is 0 Å². The minimum Gasteiger partial charge on any atom is -0.378 e. The summed E-state index contributed by atoms with van der Waals surface area (Å²) in [6.45, 7) is 2.27. The number of methoxy groups -OCH3 is 1. The van der Waals surface area contributed by atoms with Crippen LogP contribution in [0.3, 0.4) is 0 Å². The number of unbranched alkanes of at least 4 members (excludes halogenated alkanes) is 3. The van der Waals surface area contributed by atoms with Crippen molar-refractivity contribution in [1.29, 1.82) is 0 Å². The van der Waals surface area contributed by atoms with Gasteiger partial charge in [0.05, 0.1) is 5.60 Å². The lowest BCUT2D eigenvalue weighted by Gasteiger charge is -2.36. The van der Waals surface area contributed by atoms with E-state index in [4.69, 9.17) is 4.74 Å². The minimum absolute atomic E-state index is 0.270. The Labute approximate surface area is 89.2 Å². The maximum absolute atomic E-state index is 5.76. The van der Waals surface area contributed by atoms with E-state index in [1.54, 1.807) is 0 Å². The first-order valence-corrected chi connectivity index (χ1v) is 6.38. The van der Waals surface area contributed by atoms with Crippen molar-refractivity contribution in [3.05, 3.63) is 0 Å². The lowest BCUT2D eigenvalue weighted by Crippen LogP contribution is -2.33. The van der Waals surface area contributed by atoms with Crippen molar-refractivity contribution in [3.8, 4) is 0 Å². The third kappa shape index (κ3) is 3.61. The highest BCUT2D eigenvalue weighted by atomic mass is 16.5. The fourth-order valence-electron chi connectivity index (χ4n) is 2.63. The van der Waals surface area contributed by atoms with Crippen LogP contribution in [0.1, 0.15) is 71.1 Å². The molecule has 0 bridgehead atoms. The van der Waals surface area contributed by atoms with Crippen LogP contribution in [0.2, 0.25) is 0 Å². The molecule has 0 saturated heterocycles.